The molecule has 1 aromatic rings. The first-order chi connectivity index (χ1) is 8.86. The predicted molar refractivity (Wildman–Crippen MR) is 67.2 cm³/mol. The smallest absolute Gasteiger partial charge is 0.327 e. The monoisotopic (exact) mass is 261 g/mol. The molecule has 1 saturated heterocycles. The van der Waals surface area contributed by atoms with E-state index >= 15 is 0 Å². The molecule has 1 unspecified atom stereocenters. The lowest BCUT2D eigenvalue weighted by Gasteiger charge is -2.20. The molecule has 2 rings (SSSR count). The lowest BCUT2D eigenvalue weighted by atomic mass is 9.91. The number of urea groups is 1. The highest BCUT2D eigenvalue weighted by Gasteiger charge is 2.36. The Balaban J connectivity index is 2.40. The molecule has 0 bridgehead atoms. The number of β-amino-alcohol motifs (C(OH)–C–C–N with tert-alkyl or cyclic N) is 1. The van der Waals surface area contributed by atoms with E-state index in [1.54, 1.807) is 27.0 Å². The van der Waals surface area contributed by atoms with E-state index in [9.17, 15) is 9.90 Å². The maximum atomic E-state index is 11.9. The molecular weight excluding hydrogens is 246 g/mol. The molecule has 0 radical (unpaired) electrons. The van der Waals surface area contributed by atoms with Crippen molar-refractivity contribution in [1.29, 1.82) is 5.26 Å². The van der Waals surface area contributed by atoms with Gasteiger partial charge in [-0.15, -0.1) is 0 Å². The van der Waals surface area contributed by atoms with Crippen molar-refractivity contribution in [2.75, 3.05) is 18.5 Å². The van der Waals surface area contributed by atoms with Crippen molar-refractivity contribution < 1.29 is 9.90 Å². The molecule has 7 heteroatoms. The number of nitrogens with zero attached hydrogens (tertiary/aromatic N) is 5. The van der Waals surface area contributed by atoms with E-state index in [1.807, 2.05) is 0 Å². The number of aliphatic hydroxyl groups is 1. The third kappa shape index (κ3) is 2.22. The number of aromatic nitrogens is 2. The SMILES string of the molecule is CN1CC(O)N(c2cc(C(C)(C)C#N)ncn2)C1=O. The highest BCUT2D eigenvalue weighted by atomic mass is 16.3. The van der Waals surface area contributed by atoms with E-state index in [-0.39, 0.29) is 12.6 Å². The van der Waals surface area contributed by atoms with Crippen LogP contribution in [0.5, 0.6) is 0 Å². The molecule has 1 N–H and O–H groups in total. The summed E-state index contributed by atoms with van der Waals surface area (Å²) >= 11 is 0. The van der Waals surface area contributed by atoms with Crippen molar-refractivity contribution in [3.8, 4) is 6.07 Å². The highest BCUT2D eigenvalue weighted by molar-refractivity contribution is 5.93. The van der Waals surface area contributed by atoms with Crippen LogP contribution < -0.4 is 4.90 Å². The van der Waals surface area contributed by atoms with Gasteiger partial charge in [0.2, 0.25) is 0 Å². The number of hydrogen-bond acceptors (Lipinski definition) is 5. The van der Waals surface area contributed by atoms with Gasteiger partial charge in [-0.05, 0) is 13.8 Å². The molecule has 19 heavy (non-hydrogen) atoms. The lowest BCUT2D eigenvalue weighted by molar-refractivity contribution is 0.183. The second kappa shape index (κ2) is 4.48. The summed E-state index contributed by atoms with van der Waals surface area (Å²) in [6, 6.07) is 3.37. The molecule has 1 aliphatic rings. The summed E-state index contributed by atoms with van der Waals surface area (Å²) in [6.07, 6.45) is 0.354. The molecule has 1 aliphatic heterocycles. The molecule has 2 heterocycles. The Hall–Kier alpha value is -2.20. The van der Waals surface area contributed by atoms with Gasteiger partial charge in [0.15, 0.2) is 6.23 Å². The Kier molecular flexibility index (Phi) is 3.12. The summed E-state index contributed by atoms with van der Waals surface area (Å²) in [6.45, 7) is 3.68. The fourth-order valence-electron chi connectivity index (χ4n) is 1.84. The maximum absolute atomic E-state index is 11.9. The first-order valence-electron chi connectivity index (χ1n) is 5.83. The van der Waals surface area contributed by atoms with Gasteiger partial charge in [-0.3, -0.25) is 0 Å². The molecule has 0 saturated carbocycles. The summed E-state index contributed by atoms with van der Waals surface area (Å²) in [5.41, 5.74) is -0.272. The van der Waals surface area contributed by atoms with Gasteiger partial charge in [0, 0.05) is 13.1 Å². The fourth-order valence-corrected chi connectivity index (χ4v) is 1.84. The number of carbonyl (C=O) groups is 1. The Bertz CT molecular complexity index is 551. The molecule has 1 atom stereocenters. The van der Waals surface area contributed by atoms with E-state index in [1.165, 1.54) is 16.1 Å². The number of likely N-dealkylation sites (N-methyl/N-ethyl adjacent to an activating group) is 1. The van der Waals surface area contributed by atoms with Crippen LogP contribution in [0.3, 0.4) is 0 Å². The largest absolute Gasteiger partial charge is 0.371 e. The van der Waals surface area contributed by atoms with Gasteiger partial charge < -0.3 is 10.0 Å². The van der Waals surface area contributed by atoms with E-state index in [0.717, 1.165) is 0 Å². The van der Waals surface area contributed by atoms with Crippen molar-refractivity contribution in [3.63, 3.8) is 0 Å². The lowest BCUT2D eigenvalue weighted by Crippen LogP contribution is -2.35. The first-order valence-corrected chi connectivity index (χ1v) is 5.83. The van der Waals surface area contributed by atoms with Crippen LogP contribution in [-0.4, -0.2) is 45.8 Å². The zero-order valence-electron chi connectivity index (χ0n) is 11.0. The number of amides is 2. The van der Waals surface area contributed by atoms with Gasteiger partial charge >= 0.3 is 6.03 Å². The van der Waals surface area contributed by atoms with Crippen LogP contribution in [0.2, 0.25) is 0 Å². The Morgan fingerprint density at radius 3 is 2.74 bits per heavy atom. The maximum Gasteiger partial charge on any atom is 0.327 e. The standard InChI is InChI=1S/C12H15N5O2/c1-12(2,6-13)8-4-9(15-7-14-8)17-10(18)5-16(3)11(17)19/h4,7,10,18H,5H2,1-3H3. The van der Waals surface area contributed by atoms with Crippen molar-refractivity contribution in [2.24, 2.45) is 0 Å². The van der Waals surface area contributed by atoms with Crippen LogP contribution >= 0.6 is 0 Å². The number of anilines is 1. The van der Waals surface area contributed by atoms with Crippen LogP contribution in [0.15, 0.2) is 12.4 Å². The van der Waals surface area contributed by atoms with Crippen LogP contribution in [0.1, 0.15) is 19.5 Å². The second-order valence-electron chi connectivity index (χ2n) is 5.01. The van der Waals surface area contributed by atoms with E-state index in [4.69, 9.17) is 5.26 Å². The molecule has 100 valence electrons. The molecule has 0 spiro atoms. The van der Waals surface area contributed by atoms with Crippen molar-refractivity contribution in [3.05, 3.63) is 18.1 Å². The number of nitriles is 1. The minimum atomic E-state index is -0.939. The van der Waals surface area contributed by atoms with Crippen LogP contribution in [0.25, 0.3) is 0 Å². The molecule has 1 aromatic heterocycles. The van der Waals surface area contributed by atoms with Crippen LogP contribution in [-0.2, 0) is 5.41 Å². The normalized spacial score (nSPS) is 19.7. The van der Waals surface area contributed by atoms with Gasteiger partial charge in [0.1, 0.15) is 12.1 Å². The highest BCUT2D eigenvalue weighted by Crippen LogP contribution is 2.25. The predicted octanol–water partition coefficient (Wildman–Crippen LogP) is 0.468. The Labute approximate surface area is 111 Å². The fraction of sp³-hybridized carbons (Fsp3) is 0.500. The topological polar surface area (TPSA) is 93.3 Å². The van der Waals surface area contributed by atoms with Crippen molar-refractivity contribution >= 4 is 11.8 Å². The zero-order valence-corrected chi connectivity index (χ0v) is 11.0. The third-order valence-corrected chi connectivity index (χ3v) is 3.09. The Morgan fingerprint density at radius 1 is 1.53 bits per heavy atom. The van der Waals surface area contributed by atoms with Crippen LogP contribution in [0.4, 0.5) is 10.6 Å². The third-order valence-electron chi connectivity index (χ3n) is 3.09. The molecule has 0 aromatic carbocycles. The van der Waals surface area contributed by atoms with Gasteiger partial charge in [-0.1, -0.05) is 0 Å². The van der Waals surface area contributed by atoms with Gasteiger partial charge in [0.25, 0.3) is 0 Å². The van der Waals surface area contributed by atoms with Crippen LogP contribution in [0, 0.1) is 11.3 Å². The molecule has 0 aliphatic carbocycles. The molecule has 1 fully saturated rings. The summed E-state index contributed by atoms with van der Waals surface area (Å²) in [7, 11) is 1.60. The number of carbonyl (C=O) groups excluding carboxylic acids is 1. The quantitative estimate of drug-likeness (QED) is 0.835. The van der Waals surface area contributed by atoms with Crippen molar-refractivity contribution in [1.82, 2.24) is 14.9 Å². The van der Waals surface area contributed by atoms with Gasteiger partial charge in [-0.25, -0.2) is 19.7 Å². The van der Waals surface area contributed by atoms with Gasteiger partial charge in [0.05, 0.1) is 23.7 Å². The van der Waals surface area contributed by atoms with E-state index in [0.29, 0.717) is 11.5 Å². The average molecular weight is 261 g/mol. The van der Waals surface area contributed by atoms with Crippen molar-refractivity contribution in [2.45, 2.75) is 25.5 Å². The molecule has 7 nitrogen and oxygen atoms in total. The van der Waals surface area contributed by atoms with E-state index < -0.39 is 11.6 Å². The minimum absolute atomic E-state index is 0.222. The second-order valence-corrected chi connectivity index (χ2v) is 5.01. The summed E-state index contributed by atoms with van der Waals surface area (Å²) in [5, 5.41) is 19.0. The summed E-state index contributed by atoms with van der Waals surface area (Å²) in [5.74, 6) is 0.301. The Morgan fingerprint density at radius 2 is 2.21 bits per heavy atom. The molecule has 2 amide bonds. The first kappa shape index (κ1) is 13.2. The number of hydrogen-bond donors (Lipinski definition) is 1. The summed E-state index contributed by atoms with van der Waals surface area (Å²) < 4.78 is 0. The van der Waals surface area contributed by atoms with E-state index in [2.05, 4.69) is 16.0 Å². The summed E-state index contributed by atoms with van der Waals surface area (Å²) in [4.78, 5) is 22.6. The zero-order chi connectivity index (χ0) is 14.2. The molecular formula is C12H15N5O2. The average Bonchev–Trinajstić information content (AvgIpc) is 2.63. The number of rotatable bonds is 2. The van der Waals surface area contributed by atoms with Gasteiger partial charge in [-0.2, -0.15) is 5.26 Å². The number of aliphatic hydroxyl groups excluding tert-OH is 1. The minimum Gasteiger partial charge on any atom is -0.371 e.